The van der Waals surface area contributed by atoms with Crippen molar-refractivity contribution in [3.63, 3.8) is 0 Å². The number of hydrazine groups is 1. The Morgan fingerprint density at radius 3 is 2.62 bits per heavy atom. The summed E-state index contributed by atoms with van der Waals surface area (Å²) in [4.78, 5) is 23.8. The van der Waals surface area contributed by atoms with Crippen molar-refractivity contribution in [2.24, 2.45) is 7.05 Å². The van der Waals surface area contributed by atoms with Gasteiger partial charge in [0, 0.05) is 29.4 Å². The number of hydrogen-bond donors (Lipinski definition) is 2. The van der Waals surface area contributed by atoms with Crippen LogP contribution < -0.4 is 15.6 Å². The summed E-state index contributed by atoms with van der Waals surface area (Å²) in [6, 6.07) is 7.33. The number of benzene rings is 1. The van der Waals surface area contributed by atoms with E-state index >= 15 is 0 Å². The molecule has 1 heterocycles. The first-order chi connectivity index (χ1) is 11.4. The van der Waals surface area contributed by atoms with E-state index in [4.69, 9.17) is 4.74 Å². The standard InChI is InChI=1S/C17H18BrN3O3/c1-11-4-6-15(24-3)12(8-11)5-7-16(22)19-20-17(23)14-9-13(18)10-21(14)2/h4-10H,1-3H3,(H,19,22)(H,20,23)/b7-5+. The lowest BCUT2D eigenvalue weighted by molar-refractivity contribution is -0.117. The third-order valence-corrected chi connectivity index (χ3v) is 3.74. The molecule has 0 radical (unpaired) electrons. The second-order valence-corrected chi connectivity index (χ2v) is 6.09. The van der Waals surface area contributed by atoms with Gasteiger partial charge in [0.1, 0.15) is 11.4 Å². The van der Waals surface area contributed by atoms with Gasteiger partial charge in [-0.05, 0) is 47.1 Å². The highest BCUT2D eigenvalue weighted by atomic mass is 79.9. The fourth-order valence-corrected chi connectivity index (χ4v) is 2.65. The Balaban J connectivity index is 1.97. The van der Waals surface area contributed by atoms with Crippen LogP contribution in [0.25, 0.3) is 6.08 Å². The number of hydrogen-bond acceptors (Lipinski definition) is 3. The van der Waals surface area contributed by atoms with Crippen molar-refractivity contribution in [2.45, 2.75) is 6.92 Å². The minimum Gasteiger partial charge on any atom is -0.496 e. The van der Waals surface area contributed by atoms with Gasteiger partial charge in [-0.1, -0.05) is 11.6 Å². The van der Waals surface area contributed by atoms with Gasteiger partial charge in [0.15, 0.2) is 0 Å². The van der Waals surface area contributed by atoms with E-state index in [1.54, 1.807) is 37.1 Å². The van der Waals surface area contributed by atoms with E-state index in [2.05, 4.69) is 26.8 Å². The summed E-state index contributed by atoms with van der Waals surface area (Å²) in [5.74, 6) is -0.180. The summed E-state index contributed by atoms with van der Waals surface area (Å²) >= 11 is 3.29. The number of ether oxygens (including phenoxy) is 1. The SMILES string of the molecule is COc1ccc(C)cc1/C=C/C(=O)NNC(=O)c1cc(Br)cn1C. The van der Waals surface area contributed by atoms with E-state index in [-0.39, 0.29) is 0 Å². The van der Waals surface area contributed by atoms with Crippen LogP contribution in [-0.4, -0.2) is 23.5 Å². The summed E-state index contributed by atoms with van der Waals surface area (Å²) in [6.07, 6.45) is 4.71. The zero-order valence-corrected chi connectivity index (χ0v) is 15.2. The molecular formula is C17H18BrN3O3. The summed E-state index contributed by atoms with van der Waals surface area (Å²) < 4.78 is 7.68. The topological polar surface area (TPSA) is 72.4 Å². The van der Waals surface area contributed by atoms with E-state index in [0.717, 1.165) is 15.6 Å². The van der Waals surface area contributed by atoms with E-state index in [1.807, 2.05) is 25.1 Å². The Morgan fingerprint density at radius 1 is 1.25 bits per heavy atom. The fraction of sp³-hybridized carbons (Fsp3) is 0.176. The Morgan fingerprint density at radius 2 is 2.00 bits per heavy atom. The third-order valence-electron chi connectivity index (χ3n) is 3.30. The van der Waals surface area contributed by atoms with Crippen LogP contribution in [0.4, 0.5) is 0 Å². The predicted octanol–water partition coefficient (Wildman–Crippen LogP) is 2.58. The van der Waals surface area contributed by atoms with E-state index in [9.17, 15) is 9.59 Å². The maximum atomic E-state index is 12.0. The van der Waals surface area contributed by atoms with Gasteiger partial charge >= 0.3 is 0 Å². The van der Waals surface area contributed by atoms with E-state index in [1.165, 1.54) is 6.08 Å². The molecule has 2 aromatic rings. The monoisotopic (exact) mass is 391 g/mol. The van der Waals surface area contributed by atoms with Crippen LogP contribution in [-0.2, 0) is 11.8 Å². The smallest absolute Gasteiger partial charge is 0.286 e. The minimum atomic E-state index is -0.444. The zero-order valence-electron chi connectivity index (χ0n) is 13.6. The van der Waals surface area contributed by atoms with E-state index < -0.39 is 11.8 Å². The summed E-state index contributed by atoms with van der Waals surface area (Å²) in [6.45, 7) is 1.95. The molecule has 0 bridgehead atoms. The van der Waals surface area contributed by atoms with Crippen LogP contribution in [0.5, 0.6) is 5.75 Å². The molecule has 0 unspecified atom stereocenters. The molecule has 126 valence electrons. The maximum Gasteiger partial charge on any atom is 0.286 e. The second-order valence-electron chi connectivity index (χ2n) is 5.18. The quantitative estimate of drug-likeness (QED) is 0.621. The van der Waals surface area contributed by atoms with Crippen molar-refractivity contribution in [3.8, 4) is 5.75 Å². The van der Waals surface area contributed by atoms with Gasteiger partial charge < -0.3 is 9.30 Å². The Bertz CT molecular complexity index is 796. The Kier molecular flexibility index (Phi) is 5.81. The molecule has 0 atom stereocenters. The molecule has 2 amide bonds. The number of aryl methyl sites for hydroxylation is 2. The maximum absolute atomic E-state index is 12.0. The van der Waals surface area contributed by atoms with Crippen LogP contribution in [0.1, 0.15) is 21.6 Å². The number of nitrogens with one attached hydrogen (secondary N) is 2. The lowest BCUT2D eigenvalue weighted by atomic mass is 10.1. The molecule has 0 saturated heterocycles. The molecule has 0 aliphatic carbocycles. The Labute approximate surface area is 148 Å². The first-order valence-electron chi connectivity index (χ1n) is 7.15. The molecule has 2 N–H and O–H groups in total. The second kappa shape index (κ2) is 7.83. The first kappa shape index (κ1) is 17.8. The van der Waals surface area contributed by atoms with Crippen molar-refractivity contribution in [1.82, 2.24) is 15.4 Å². The molecule has 0 saturated carbocycles. The number of carbonyl (C=O) groups excluding carboxylic acids is 2. The van der Waals surface area contributed by atoms with Crippen molar-refractivity contribution < 1.29 is 14.3 Å². The fourth-order valence-electron chi connectivity index (χ4n) is 2.12. The van der Waals surface area contributed by atoms with Gasteiger partial charge in [-0.15, -0.1) is 0 Å². The summed E-state index contributed by atoms with van der Waals surface area (Å²) in [5, 5.41) is 0. The lowest BCUT2D eigenvalue weighted by Gasteiger charge is -2.07. The number of methoxy groups -OCH3 is 1. The van der Waals surface area contributed by atoms with Gasteiger partial charge in [0.2, 0.25) is 0 Å². The molecule has 0 fully saturated rings. The van der Waals surface area contributed by atoms with Crippen LogP contribution in [0.2, 0.25) is 0 Å². The van der Waals surface area contributed by atoms with Gasteiger partial charge in [-0.3, -0.25) is 20.4 Å². The molecule has 0 aliphatic rings. The number of aromatic nitrogens is 1. The highest BCUT2D eigenvalue weighted by Crippen LogP contribution is 2.20. The molecule has 6 nitrogen and oxygen atoms in total. The number of halogens is 1. The molecule has 24 heavy (non-hydrogen) atoms. The number of nitrogens with zero attached hydrogens (tertiary/aromatic N) is 1. The number of rotatable bonds is 4. The van der Waals surface area contributed by atoms with Crippen molar-refractivity contribution >= 4 is 33.8 Å². The summed E-state index contributed by atoms with van der Waals surface area (Å²) in [5.41, 5.74) is 6.97. The molecule has 7 heteroatoms. The molecule has 2 rings (SSSR count). The number of amides is 2. The Hall–Kier alpha value is -2.54. The zero-order chi connectivity index (χ0) is 17.7. The predicted molar refractivity (Wildman–Crippen MR) is 95.5 cm³/mol. The summed E-state index contributed by atoms with van der Waals surface area (Å²) in [7, 11) is 3.31. The molecule has 0 spiro atoms. The van der Waals surface area contributed by atoms with Gasteiger partial charge in [0.05, 0.1) is 7.11 Å². The van der Waals surface area contributed by atoms with Crippen LogP contribution in [0.15, 0.2) is 41.0 Å². The number of carbonyl (C=O) groups is 2. The van der Waals surface area contributed by atoms with Crippen LogP contribution in [0.3, 0.4) is 0 Å². The van der Waals surface area contributed by atoms with Crippen molar-refractivity contribution in [3.05, 3.63) is 57.8 Å². The van der Waals surface area contributed by atoms with Gasteiger partial charge in [0.25, 0.3) is 11.8 Å². The highest BCUT2D eigenvalue weighted by molar-refractivity contribution is 9.10. The van der Waals surface area contributed by atoms with Gasteiger partial charge in [-0.25, -0.2) is 0 Å². The van der Waals surface area contributed by atoms with Gasteiger partial charge in [-0.2, -0.15) is 0 Å². The molecule has 1 aromatic carbocycles. The minimum absolute atomic E-state index is 0.405. The molecule has 1 aromatic heterocycles. The average molecular weight is 392 g/mol. The third kappa shape index (κ3) is 4.48. The molecular weight excluding hydrogens is 374 g/mol. The highest BCUT2D eigenvalue weighted by Gasteiger charge is 2.11. The lowest BCUT2D eigenvalue weighted by Crippen LogP contribution is -2.41. The normalized spacial score (nSPS) is 10.7. The van der Waals surface area contributed by atoms with E-state index in [0.29, 0.717) is 11.4 Å². The van der Waals surface area contributed by atoms with Crippen LogP contribution in [0, 0.1) is 6.92 Å². The average Bonchev–Trinajstić information content (AvgIpc) is 2.89. The van der Waals surface area contributed by atoms with Crippen LogP contribution >= 0.6 is 15.9 Å². The van der Waals surface area contributed by atoms with Crippen molar-refractivity contribution in [1.29, 1.82) is 0 Å². The largest absolute Gasteiger partial charge is 0.496 e. The van der Waals surface area contributed by atoms with Crippen molar-refractivity contribution in [2.75, 3.05) is 7.11 Å². The molecule has 0 aliphatic heterocycles. The first-order valence-corrected chi connectivity index (χ1v) is 7.95.